The van der Waals surface area contributed by atoms with Gasteiger partial charge in [-0.1, -0.05) is 0 Å². The summed E-state index contributed by atoms with van der Waals surface area (Å²) >= 11 is 1.32. The molecule has 0 radical (unpaired) electrons. The maximum Gasteiger partial charge on any atom is 0.227 e. The summed E-state index contributed by atoms with van der Waals surface area (Å²) in [7, 11) is 1.51. The van der Waals surface area contributed by atoms with Gasteiger partial charge in [0.1, 0.15) is 11.1 Å². The molecular weight excluding hydrogens is 226 g/mol. The van der Waals surface area contributed by atoms with Gasteiger partial charge in [0, 0.05) is 13.7 Å². The lowest BCUT2D eigenvalue weighted by Crippen LogP contribution is -2.28. The smallest absolute Gasteiger partial charge is 0.227 e. The van der Waals surface area contributed by atoms with Gasteiger partial charge in [0.15, 0.2) is 0 Å². The second-order valence-electron chi connectivity index (χ2n) is 3.12. The summed E-state index contributed by atoms with van der Waals surface area (Å²) in [6.45, 7) is 0.291. The van der Waals surface area contributed by atoms with Crippen molar-refractivity contribution in [3.8, 4) is 6.07 Å². The summed E-state index contributed by atoms with van der Waals surface area (Å²) in [5.41, 5.74) is 5.88. The highest BCUT2D eigenvalue weighted by molar-refractivity contribution is 7.14. The predicted octanol–water partition coefficient (Wildman–Crippen LogP) is 0.922. The van der Waals surface area contributed by atoms with E-state index in [1.165, 1.54) is 18.4 Å². The molecule has 0 aromatic carbocycles. The fourth-order valence-corrected chi connectivity index (χ4v) is 1.90. The van der Waals surface area contributed by atoms with Crippen LogP contribution in [0.15, 0.2) is 11.4 Å². The van der Waals surface area contributed by atoms with Gasteiger partial charge in [0.05, 0.1) is 18.1 Å². The summed E-state index contributed by atoms with van der Waals surface area (Å²) in [6, 6.07) is 3.67. The topological polar surface area (TPSA) is 88.1 Å². The largest absolute Gasteiger partial charge is 0.380 e. The van der Waals surface area contributed by atoms with Crippen LogP contribution in [0.3, 0.4) is 0 Å². The first-order valence-corrected chi connectivity index (χ1v) is 5.59. The first kappa shape index (κ1) is 12.6. The van der Waals surface area contributed by atoms with Crippen molar-refractivity contribution < 1.29 is 9.53 Å². The Kier molecular flexibility index (Phi) is 4.92. The summed E-state index contributed by atoms with van der Waals surface area (Å²) < 4.78 is 5.00. The Labute approximate surface area is 97.8 Å². The van der Waals surface area contributed by atoms with Crippen LogP contribution in [0.25, 0.3) is 0 Å². The van der Waals surface area contributed by atoms with Gasteiger partial charge in [-0.2, -0.15) is 5.26 Å². The van der Waals surface area contributed by atoms with Crippen LogP contribution in [0.1, 0.15) is 12.0 Å². The van der Waals surface area contributed by atoms with Crippen LogP contribution in [-0.2, 0) is 9.53 Å². The zero-order valence-corrected chi connectivity index (χ0v) is 9.71. The normalized spacial score (nSPS) is 11.8. The number of nitrogens with two attached hydrogens (primary N) is 1. The number of anilines is 1. The van der Waals surface area contributed by atoms with Crippen molar-refractivity contribution in [1.82, 2.24) is 0 Å². The zero-order chi connectivity index (χ0) is 12.0. The fraction of sp³-hybridized carbons (Fsp3) is 0.400. The third kappa shape index (κ3) is 3.31. The molecule has 1 amide bonds. The highest BCUT2D eigenvalue weighted by Gasteiger charge is 2.13. The standard InChI is InChI=1S/C10H13N3O2S/c1-15-8(6-12)4-9(14)13-10-7(5-11)2-3-16-10/h2-3,8H,4,6,12H2,1H3,(H,13,14). The molecule has 1 aromatic heterocycles. The van der Waals surface area contributed by atoms with E-state index in [0.29, 0.717) is 17.1 Å². The number of nitriles is 1. The highest BCUT2D eigenvalue weighted by Crippen LogP contribution is 2.22. The Hall–Kier alpha value is -1.42. The molecule has 86 valence electrons. The maximum atomic E-state index is 11.6. The van der Waals surface area contributed by atoms with E-state index in [1.807, 2.05) is 6.07 Å². The Morgan fingerprint density at radius 2 is 2.56 bits per heavy atom. The van der Waals surface area contributed by atoms with Crippen molar-refractivity contribution in [3.63, 3.8) is 0 Å². The molecule has 0 saturated carbocycles. The van der Waals surface area contributed by atoms with Crippen molar-refractivity contribution in [2.24, 2.45) is 5.73 Å². The van der Waals surface area contributed by atoms with E-state index < -0.39 is 0 Å². The van der Waals surface area contributed by atoms with E-state index in [9.17, 15) is 4.79 Å². The number of carbonyl (C=O) groups is 1. The number of methoxy groups -OCH3 is 1. The number of hydrogen-bond donors (Lipinski definition) is 2. The molecule has 16 heavy (non-hydrogen) atoms. The van der Waals surface area contributed by atoms with Crippen molar-refractivity contribution >= 4 is 22.2 Å². The summed E-state index contributed by atoms with van der Waals surface area (Å²) in [5.74, 6) is -0.198. The fourth-order valence-electron chi connectivity index (χ4n) is 1.14. The second kappa shape index (κ2) is 6.23. The molecule has 0 aliphatic rings. The molecule has 3 N–H and O–H groups in total. The SMILES string of the molecule is COC(CN)CC(=O)Nc1sccc1C#N. The van der Waals surface area contributed by atoms with E-state index in [1.54, 1.807) is 11.4 Å². The first-order chi connectivity index (χ1) is 7.71. The average molecular weight is 239 g/mol. The van der Waals surface area contributed by atoms with Crippen LogP contribution >= 0.6 is 11.3 Å². The van der Waals surface area contributed by atoms with Crippen molar-refractivity contribution in [2.45, 2.75) is 12.5 Å². The van der Waals surface area contributed by atoms with Crippen LogP contribution in [0.5, 0.6) is 0 Å². The van der Waals surface area contributed by atoms with Gasteiger partial charge >= 0.3 is 0 Å². The molecule has 1 rings (SSSR count). The van der Waals surface area contributed by atoms with Crippen LogP contribution in [-0.4, -0.2) is 25.7 Å². The van der Waals surface area contributed by atoms with Crippen LogP contribution in [0.2, 0.25) is 0 Å². The number of rotatable bonds is 5. The van der Waals surface area contributed by atoms with Gasteiger partial charge in [0.25, 0.3) is 0 Å². The summed E-state index contributed by atoms with van der Waals surface area (Å²) in [6.07, 6.45) is -0.0963. The van der Waals surface area contributed by atoms with Gasteiger partial charge in [0.2, 0.25) is 5.91 Å². The van der Waals surface area contributed by atoms with Crippen LogP contribution < -0.4 is 11.1 Å². The maximum absolute atomic E-state index is 11.6. The number of nitrogens with zero attached hydrogens (tertiary/aromatic N) is 1. The van der Waals surface area contributed by atoms with Gasteiger partial charge < -0.3 is 15.8 Å². The molecule has 0 aliphatic carbocycles. The molecule has 0 spiro atoms. The minimum atomic E-state index is -0.287. The molecule has 0 saturated heterocycles. The van der Waals surface area contributed by atoms with Gasteiger partial charge in [-0.15, -0.1) is 11.3 Å². The van der Waals surface area contributed by atoms with Gasteiger partial charge in [-0.05, 0) is 11.4 Å². The minimum Gasteiger partial charge on any atom is -0.380 e. The van der Waals surface area contributed by atoms with Gasteiger partial charge in [-0.3, -0.25) is 4.79 Å². The highest BCUT2D eigenvalue weighted by atomic mass is 32.1. The third-order valence-corrected chi connectivity index (χ3v) is 2.88. The monoisotopic (exact) mass is 239 g/mol. The lowest BCUT2D eigenvalue weighted by atomic mass is 10.2. The van der Waals surface area contributed by atoms with Crippen molar-refractivity contribution in [2.75, 3.05) is 19.0 Å². The van der Waals surface area contributed by atoms with Crippen LogP contribution in [0, 0.1) is 11.3 Å². The van der Waals surface area contributed by atoms with E-state index in [2.05, 4.69) is 5.32 Å². The van der Waals surface area contributed by atoms with E-state index in [0.717, 1.165) is 0 Å². The van der Waals surface area contributed by atoms with Crippen molar-refractivity contribution in [3.05, 3.63) is 17.0 Å². The minimum absolute atomic E-state index is 0.190. The summed E-state index contributed by atoms with van der Waals surface area (Å²) in [5, 5.41) is 13.7. The number of nitrogens with one attached hydrogen (secondary N) is 1. The van der Waals surface area contributed by atoms with Gasteiger partial charge in [-0.25, -0.2) is 0 Å². The lowest BCUT2D eigenvalue weighted by Gasteiger charge is -2.11. The number of carbonyl (C=O) groups excluding carboxylic acids is 1. The number of thiophene rings is 1. The molecule has 0 fully saturated rings. The Bertz CT molecular complexity index is 393. The van der Waals surface area contributed by atoms with E-state index in [-0.39, 0.29) is 18.4 Å². The Morgan fingerprint density at radius 3 is 3.12 bits per heavy atom. The lowest BCUT2D eigenvalue weighted by molar-refractivity contribution is -0.118. The molecule has 1 aromatic rings. The first-order valence-electron chi connectivity index (χ1n) is 4.71. The van der Waals surface area contributed by atoms with Crippen LogP contribution in [0.4, 0.5) is 5.00 Å². The average Bonchev–Trinajstić information content (AvgIpc) is 2.73. The molecule has 0 bridgehead atoms. The quantitative estimate of drug-likeness (QED) is 0.799. The third-order valence-electron chi connectivity index (χ3n) is 2.05. The Balaban J connectivity index is 2.55. The molecule has 6 heteroatoms. The second-order valence-corrected chi connectivity index (χ2v) is 4.04. The number of hydrogen-bond acceptors (Lipinski definition) is 5. The molecule has 5 nitrogen and oxygen atoms in total. The predicted molar refractivity (Wildman–Crippen MR) is 62.1 cm³/mol. The van der Waals surface area contributed by atoms with E-state index >= 15 is 0 Å². The molecule has 1 heterocycles. The number of ether oxygens (including phenoxy) is 1. The zero-order valence-electron chi connectivity index (χ0n) is 8.90. The summed E-state index contributed by atoms with van der Waals surface area (Å²) in [4.78, 5) is 11.6. The van der Waals surface area contributed by atoms with E-state index in [4.69, 9.17) is 15.7 Å². The molecular formula is C10H13N3O2S. The van der Waals surface area contributed by atoms with Crippen molar-refractivity contribution in [1.29, 1.82) is 5.26 Å². The molecule has 1 unspecified atom stereocenters. The number of amides is 1. The molecule has 1 atom stereocenters. The molecule has 0 aliphatic heterocycles. The Morgan fingerprint density at radius 1 is 1.81 bits per heavy atom.